The fourth-order valence-corrected chi connectivity index (χ4v) is 4.70. The molecule has 0 bridgehead atoms. The number of imidazole rings is 1. The van der Waals surface area contributed by atoms with E-state index in [4.69, 9.17) is 0 Å². The third-order valence-electron chi connectivity index (χ3n) is 6.61. The number of fused-ring (bicyclic) bond motifs is 2. The zero-order chi connectivity index (χ0) is 27.8. The van der Waals surface area contributed by atoms with Crippen molar-refractivity contribution in [3.63, 3.8) is 0 Å². The number of pyridine rings is 2. The number of hydrogen-bond acceptors (Lipinski definition) is 3. The van der Waals surface area contributed by atoms with Crippen LogP contribution >= 0.6 is 0 Å². The number of benzene rings is 3. The number of halogens is 4. The Kier molecular flexibility index (Phi) is 6.47. The van der Waals surface area contributed by atoms with E-state index in [9.17, 15) is 18.0 Å². The van der Waals surface area contributed by atoms with E-state index in [0.717, 1.165) is 46.4 Å². The first-order valence-corrected chi connectivity index (χ1v) is 12.4. The lowest BCUT2D eigenvalue weighted by molar-refractivity contribution is 0.0946. The second-order valence-electron chi connectivity index (χ2n) is 9.38. The van der Waals surface area contributed by atoms with E-state index in [1.54, 1.807) is 23.0 Å². The predicted molar refractivity (Wildman–Crippen MR) is 143 cm³/mol. The molecule has 0 spiro atoms. The molecule has 1 amide bonds. The van der Waals surface area contributed by atoms with Gasteiger partial charge in [-0.05, 0) is 65.2 Å². The zero-order valence-corrected chi connectivity index (χ0v) is 20.8. The molecule has 0 saturated carbocycles. The smallest absolute Gasteiger partial charge is 0.254 e. The molecule has 40 heavy (non-hydrogen) atoms. The highest BCUT2D eigenvalue weighted by atomic mass is 19.1. The Morgan fingerprint density at radius 3 is 2.40 bits per heavy atom. The topological polar surface area (TPSA) is 59.3 Å². The van der Waals surface area contributed by atoms with Crippen molar-refractivity contribution in [3.05, 3.63) is 137 Å². The second kappa shape index (κ2) is 10.3. The van der Waals surface area contributed by atoms with Gasteiger partial charge in [0.15, 0.2) is 11.5 Å². The van der Waals surface area contributed by atoms with Crippen LogP contribution in [0.25, 0.3) is 27.7 Å². The van der Waals surface area contributed by atoms with Crippen molar-refractivity contribution in [2.75, 3.05) is 0 Å². The molecular weight excluding hydrogens is 520 g/mol. The first-order valence-electron chi connectivity index (χ1n) is 12.4. The minimum Gasteiger partial charge on any atom is -0.348 e. The molecule has 3 aromatic carbocycles. The molecule has 0 unspecified atom stereocenters. The van der Waals surface area contributed by atoms with Gasteiger partial charge in [-0.1, -0.05) is 18.2 Å². The quantitative estimate of drug-likeness (QED) is 0.242. The van der Waals surface area contributed by atoms with Crippen molar-refractivity contribution in [2.24, 2.45) is 0 Å². The van der Waals surface area contributed by atoms with E-state index in [1.165, 1.54) is 18.2 Å². The number of nitrogens with one attached hydrogen (secondary N) is 1. The van der Waals surface area contributed by atoms with Gasteiger partial charge in [-0.3, -0.25) is 9.78 Å². The predicted octanol–water partition coefficient (Wildman–Crippen LogP) is 6.63. The maximum absolute atomic E-state index is 15.0. The lowest BCUT2D eigenvalue weighted by Gasteiger charge is -2.10. The molecule has 0 aliphatic heterocycles. The van der Waals surface area contributed by atoms with Crippen molar-refractivity contribution >= 4 is 22.5 Å². The summed E-state index contributed by atoms with van der Waals surface area (Å²) in [5.74, 6) is -3.70. The summed E-state index contributed by atoms with van der Waals surface area (Å²) in [4.78, 5) is 21.1. The van der Waals surface area contributed by atoms with Gasteiger partial charge in [0.05, 0.1) is 11.1 Å². The molecule has 0 atom stereocenters. The van der Waals surface area contributed by atoms with E-state index >= 15 is 4.39 Å². The van der Waals surface area contributed by atoms with E-state index < -0.39 is 29.2 Å². The van der Waals surface area contributed by atoms with Crippen LogP contribution in [-0.2, 0) is 13.0 Å². The molecule has 0 saturated heterocycles. The van der Waals surface area contributed by atoms with Crippen LogP contribution in [0.1, 0.15) is 27.2 Å². The largest absolute Gasteiger partial charge is 0.348 e. The summed E-state index contributed by atoms with van der Waals surface area (Å²) < 4.78 is 58.4. The van der Waals surface area contributed by atoms with Crippen LogP contribution in [0.15, 0.2) is 91.4 Å². The number of rotatable bonds is 6. The van der Waals surface area contributed by atoms with Crippen molar-refractivity contribution in [2.45, 2.75) is 13.0 Å². The normalized spacial score (nSPS) is 11.3. The summed E-state index contributed by atoms with van der Waals surface area (Å²) in [6.45, 7) is -0.187. The Balaban J connectivity index is 1.25. The molecule has 0 radical (unpaired) electrons. The van der Waals surface area contributed by atoms with Crippen LogP contribution in [0.2, 0.25) is 0 Å². The lowest BCUT2D eigenvalue weighted by Crippen LogP contribution is -2.24. The third kappa shape index (κ3) is 5.01. The summed E-state index contributed by atoms with van der Waals surface area (Å²) >= 11 is 0. The molecule has 5 nitrogen and oxygen atoms in total. The third-order valence-corrected chi connectivity index (χ3v) is 6.61. The van der Waals surface area contributed by atoms with Gasteiger partial charge in [-0.25, -0.2) is 22.5 Å². The number of aromatic nitrogens is 3. The van der Waals surface area contributed by atoms with Crippen LogP contribution < -0.4 is 5.32 Å². The van der Waals surface area contributed by atoms with Crippen LogP contribution in [-0.4, -0.2) is 20.3 Å². The summed E-state index contributed by atoms with van der Waals surface area (Å²) in [5.41, 5.74) is 3.46. The summed E-state index contributed by atoms with van der Waals surface area (Å²) in [5, 5.41) is 3.44. The fourth-order valence-electron chi connectivity index (χ4n) is 4.70. The van der Waals surface area contributed by atoms with Crippen molar-refractivity contribution in [3.8, 4) is 11.1 Å². The molecular formula is C31H20F4N4O. The molecule has 3 heterocycles. The van der Waals surface area contributed by atoms with Gasteiger partial charge < -0.3 is 9.72 Å². The van der Waals surface area contributed by atoms with Gasteiger partial charge in [0.1, 0.15) is 17.5 Å². The van der Waals surface area contributed by atoms with Crippen molar-refractivity contribution < 1.29 is 22.4 Å². The van der Waals surface area contributed by atoms with E-state index in [2.05, 4.69) is 15.3 Å². The highest BCUT2D eigenvalue weighted by Crippen LogP contribution is 2.26. The molecule has 6 rings (SSSR count). The van der Waals surface area contributed by atoms with Gasteiger partial charge >= 0.3 is 0 Å². The van der Waals surface area contributed by atoms with Gasteiger partial charge in [0, 0.05) is 54.3 Å². The van der Waals surface area contributed by atoms with Gasteiger partial charge in [-0.2, -0.15) is 0 Å². The maximum Gasteiger partial charge on any atom is 0.254 e. The summed E-state index contributed by atoms with van der Waals surface area (Å²) in [6, 6.07) is 17.8. The number of carbonyl (C=O) groups is 1. The molecule has 0 aliphatic rings. The van der Waals surface area contributed by atoms with Crippen LogP contribution in [0.5, 0.6) is 0 Å². The van der Waals surface area contributed by atoms with Crippen molar-refractivity contribution in [1.29, 1.82) is 0 Å². The number of carbonyl (C=O) groups excluding carboxylic acids is 1. The van der Waals surface area contributed by atoms with Crippen LogP contribution in [0.4, 0.5) is 17.6 Å². The Labute approximate surface area is 225 Å². The molecule has 0 fully saturated rings. The van der Waals surface area contributed by atoms with E-state index in [-0.39, 0.29) is 23.3 Å². The Morgan fingerprint density at radius 1 is 0.800 bits per heavy atom. The minimum atomic E-state index is -0.823. The van der Waals surface area contributed by atoms with Gasteiger partial charge in [0.2, 0.25) is 0 Å². The van der Waals surface area contributed by atoms with Gasteiger partial charge in [-0.15, -0.1) is 0 Å². The second-order valence-corrected chi connectivity index (χ2v) is 9.38. The molecule has 6 aromatic rings. The number of amides is 1. The molecule has 1 N–H and O–H groups in total. The standard InChI is InChI=1S/C31H20F4N4O/c32-23-9-19(10-24(33)14-23)15-38-31(40)26-5-4-20(12-27(26)34)22-13-28(35)30-37-16-25(39(30)17-22)11-18-3-6-29-21(8-18)2-1-7-36-29/h1-10,12-14,16-17H,11,15H2,(H,38,40). The maximum atomic E-state index is 15.0. The monoisotopic (exact) mass is 540 g/mol. The minimum absolute atomic E-state index is 0.145. The zero-order valence-electron chi connectivity index (χ0n) is 20.8. The summed E-state index contributed by atoms with van der Waals surface area (Å²) in [6.07, 6.45) is 5.50. The van der Waals surface area contributed by atoms with E-state index in [1.807, 2.05) is 30.3 Å². The number of nitrogens with zero attached hydrogens (tertiary/aromatic N) is 3. The molecule has 0 aliphatic carbocycles. The Hall–Kier alpha value is -5.05. The first-order chi connectivity index (χ1) is 19.3. The highest BCUT2D eigenvalue weighted by molar-refractivity contribution is 5.95. The Morgan fingerprint density at radius 2 is 1.60 bits per heavy atom. The SMILES string of the molecule is O=C(NCc1cc(F)cc(F)c1)c1ccc(-c2cc(F)c3ncc(Cc4ccc5ncccc5c4)n3c2)cc1F. The highest BCUT2D eigenvalue weighted by Gasteiger charge is 2.16. The lowest BCUT2D eigenvalue weighted by atomic mass is 10.0. The average molecular weight is 541 g/mol. The molecule has 3 aromatic heterocycles. The van der Waals surface area contributed by atoms with Gasteiger partial charge in [0.25, 0.3) is 5.91 Å². The Bertz CT molecular complexity index is 1900. The molecule has 9 heteroatoms. The van der Waals surface area contributed by atoms with Crippen LogP contribution in [0.3, 0.4) is 0 Å². The van der Waals surface area contributed by atoms with Crippen molar-refractivity contribution in [1.82, 2.24) is 19.7 Å². The number of hydrogen-bond donors (Lipinski definition) is 1. The molecule has 198 valence electrons. The van der Waals surface area contributed by atoms with Crippen LogP contribution in [0, 0.1) is 23.3 Å². The summed E-state index contributed by atoms with van der Waals surface area (Å²) in [7, 11) is 0. The first kappa shape index (κ1) is 25.2. The fraction of sp³-hybridized carbons (Fsp3) is 0.0645. The van der Waals surface area contributed by atoms with E-state index in [0.29, 0.717) is 17.5 Å². The average Bonchev–Trinajstić information content (AvgIpc) is 3.34.